The summed E-state index contributed by atoms with van der Waals surface area (Å²) in [7, 11) is 1.62. The van der Waals surface area contributed by atoms with Crippen molar-refractivity contribution in [3.8, 4) is 5.75 Å². The van der Waals surface area contributed by atoms with Crippen LogP contribution in [0.5, 0.6) is 5.75 Å². The van der Waals surface area contributed by atoms with Crippen LogP contribution in [0.4, 0.5) is 5.69 Å². The molecule has 1 aromatic carbocycles. The van der Waals surface area contributed by atoms with Crippen molar-refractivity contribution in [2.75, 3.05) is 12.8 Å². The number of hydrogen-bond acceptors (Lipinski definition) is 3. The Morgan fingerprint density at radius 3 is 2.76 bits per heavy atom. The van der Waals surface area contributed by atoms with Crippen molar-refractivity contribution < 1.29 is 4.74 Å². The van der Waals surface area contributed by atoms with Crippen LogP contribution < -0.4 is 16.0 Å². The molecule has 88 valence electrons. The van der Waals surface area contributed by atoms with E-state index < -0.39 is 0 Å². The Hall–Kier alpha value is -2.23. The minimum Gasteiger partial charge on any atom is -0.496 e. The number of aromatic nitrogens is 1. The van der Waals surface area contributed by atoms with Gasteiger partial charge in [0.25, 0.3) is 5.56 Å². The van der Waals surface area contributed by atoms with E-state index in [4.69, 9.17) is 10.5 Å². The third-order valence-electron chi connectivity index (χ3n) is 2.66. The molecule has 0 bridgehead atoms. The fraction of sp³-hybridized carbons (Fsp3) is 0.154. The highest BCUT2D eigenvalue weighted by atomic mass is 16.5. The second-order valence-corrected chi connectivity index (χ2v) is 3.73. The quantitative estimate of drug-likeness (QED) is 0.840. The Balaban J connectivity index is 2.38. The largest absolute Gasteiger partial charge is 0.496 e. The number of anilines is 1. The molecule has 0 aliphatic heterocycles. The first-order valence-electron chi connectivity index (χ1n) is 5.30. The first-order valence-corrected chi connectivity index (χ1v) is 5.30. The first kappa shape index (κ1) is 11.3. The minimum atomic E-state index is -0.252. The molecule has 0 aliphatic rings. The summed E-state index contributed by atoms with van der Waals surface area (Å²) < 4.78 is 5.26. The van der Waals surface area contributed by atoms with Gasteiger partial charge in [-0.1, -0.05) is 18.2 Å². The van der Waals surface area contributed by atoms with Gasteiger partial charge in [0.1, 0.15) is 11.4 Å². The molecule has 0 aliphatic carbocycles. The number of ether oxygens (including phenoxy) is 1. The monoisotopic (exact) mass is 230 g/mol. The molecule has 0 saturated carbocycles. The van der Waals surface area contributed by atoms with Gasteiger partial charge in [0.15, 0.2) is 0 Å². The Kier molecular flexibility index (Phi) is 3.14. The molecule has 0 unspecified atom stereocenters. The van der Waals surface area contributed by atoms with E-state index in [0.29, 0.717) is 6.42 Å². The number of para-hydroxylation sites is 1. The topological polar surface area (TPSA) is 68.1 Å². The Morgan fingerprint density at radius 2 is 2.00 bits per heavy atom. The van der Waals surface area contributed by atoms with Gasteiger partial charge in [-0.3, -0.25) is 4.79 Å². The zero-order valence-electron chi connectivity index (χ0n) is 9.57. The lowest BCUT2D eigenvalue weighted by atomic mass is 10.0. The van der Waals surface area contributed by atoms with Crippen LogP contribution in [0.3, 0.4) is 0 Å². The zero-order chi connectivity index (χ0) is 12.3. The maximum absolute atomic E-state index is 11.4. The molecule has 3 N–H and O–H groups in total. The molecule has 4 nitrogen and oxygen atoms in total. The van der Waals surface area contributed by atoms with Crippen LogP contribution in [-0.4, -0.2) is 12.1 Å². The average molecular weight is 230 g/mol. The summed E-state index contributed by atoms with van der Waals surface area (Å²) in [5.74, 6) is 0.798. The lowest BCUT2D eigenvalue weighted by Gasteiger charge is -2.09. The molecular weight excluding hydrogens is 216 g/mol. The van der Waals surface area contributed by atoms with E-state index in [9.17, 15) is 4.79 Å². The molecule has 17 heavy (non-hydrogen) atoms. The fourth-order valence-corrected chi connectivity index (χ4v) is 1.74. The smallest absolute Gasteiger partial charge is 0.271 e. The maximum Gasteiger partial charge on any atom is 0.271 e. The standard InChI is InChI=1S/C13H14N2O2/c1-17-11-5-3-2-4-9(11)8-10-6-7-15-13(16)12(10)14/h2-7H,8,14H2,1H3,(H,15,16). The Bertz CT molecular complexity index is 576. The number of methoxy groups -OCH3 is 1. The molecule has 0 radical (unpaired) electrons. The van der Waals surface area contributed by atoms with E-state index in [-0.39, 0.29) is 11.2 Å². The van der Waals surface area contributed by atoms with Crippen LogP contribution in [0, 0.1) is 0 Å². The van der Waals surface area contributed by atoms with Gasteiger partial charge in [0.05, 0.1) is 7.11 Å². The summed E-state index contributed by atoms with van der Waals surface area (Å²) in [6, 6.07) is 9.49. The molecular formula is C13H14N2O2. The van der Waals surface area contributed by atoms with E-state index in [2.05, 4.69) is 4.98 Å². The molecule has 2 rings (SSSR count). The van der Waals surface area contributed by atoms with Gasteiger partial charge in [0.2, 0.25) is 0 Å². The summed E-state index contributed by atoms with van der Waals surface area (Å²) in [4.78, 5) is 13.9. The molecule has 0 amide bonds. The fourth-order valence-electron chi connectivity index (χ4n) is 1.74. The van der Waals surface area contributed by atoms with Crippen LogP contribution in [-0.2, 0) is 6.42 Å². The summed E-state index contributed by atoms with van der Waals surface area (Å²) in [5.41, 5.74) is 7.56. The van der Waals surface area contributed by atoms with Crippen LogP contribution in [0.15, 0.2) is 41.3 Å². The maximum atomic E-state index is 11.4. The SMILES string of the molecule is COc1ccccc1Cc1cc[nH]c(=O)c1N. The molecule has 0 atom stereocenters. The van der Waals surface area contributed by atoms with Crippen LogP contribution >= 0.6 is 0 Å². The average Bonchev–Trinajstić information content (AvgIpc) is 2.35. The van der Waals surface area contributed by atoms with Gasteiger partial charge < -0.3 is 15.5 Å². The van der Waals surface area contributed by atoms with Crippen molar-refractivity contribution in [1.82, 2.24) is 4.98 Å². The number of H-pyrrole nitrogens is 1. The van der Waals surface area contributed by atoms with Crippen molar-refractivity contribution >= 4 is 5.69 Å². The Morgan fingerprint density at radius 1 is 1.24 bits per heavy atom. The first-order chi connectivity index (χ1) is 8.22. The molecule has 4 heteroatoms. The zero-order valence-corrected chi connectivity index (χ0v) is 9.57. The predicted octanol–water partition coefficient (Wildman–Crippen LogP) is 1.56. The molecule has 1 aromatic heterocycles. The van der Waals surface area contributed by atoms with Crippen molar-refractivity contribution in [1.29, 1.82) is 0 Å². The van der Waals surface area contributed by atoms with Crippen molar-refractivity contribution in [2.24, 2.45) is 0 Å². The number of aromatic amines is 1. The Labute approximate surface area is 99.1 Å². The lowest BCUT2D eigenvalue weighted by molar-refractivity contribution is 0.410. The van der Waals surface area contributed by atoms with Gasteiger partial charge in [-0.25, -0.2) is 0 Å². The highest BCUT2D eigenvalue weighted by Crippen LogP contribution is 2.21. The van der Waals surface area contributed by atoms with Crippen LogP contribution in [0.2, 0.25) is 0 Å². The molecule has 2 aromatic rings. The van der Waals surface area contributed by atoms with Gasteiger partial charge in [-0.15, -0.1) is 0 Å². The number of rotatable bonds is 3. The van der Waals surface area contributed by atoms with E-state index in [1.54, 1.807) is 13.3 Å². The van der Waals surface area contributed by atoms with Gasteiger partial charge in [0, 0.05) is 12.6 Å². The van der Waals surface area contributed by atoms with Crippen molar-refractivity contribution in [2.45, 2.75) is 6.42 Å². The predicted molar refractivity (Wildman–Crippen MR) is 67.3 cm³/mol. The normalized spacial score (nSPS) is 10.2. The number of pyridine rings is 1. The van der Waals surface area contributed by atoms with Crippen LogP contribution in [0.1, 0.15) is 11.1 Å². The summed E-state index contributed by atoms with van der Waals surface area (Å²) in [6.45, 7) is 0. The highest BCUT2D eigenvalue weighted by Gasteiger charge is 2.07. The van der Waals surface area contributed by atoms with Gasteiger partial charge in [-0.05, 0) is 23.3 Å². The second-order valence-electron chi connectivity index (χ2n) is 3.73. The number of nitrogens with one attached hydrogen (secondary N) is 1. The van der Waals surface area contributed by atoms with E-state index in [1.165, 1.54) is 0 Å². The van der Waals surface area contributed by atoms with Gasteiger partial charge >= 0.3 is 0 Å². The number of nitrogens with two attached hydrogens (primary N) is 1. The minimum absolute atomic E-state index is 0.252. The van der Waals surface area contributed by atoms with E-state index >= 15 is 0 Å². The summed E-state index contributed by atoms with van der Waals surface area (Å²) >= 11 is 0. The second kappa shape index (κ2) is 4.74. The summed E-state index contributed by atoms with van der Waals surface area (Å²) in [6.07, 6.45) is 2.18. The third-order valence-corrected chi connectivity index (χ3v) is 2.66. The number of benzene rings is 1. The van der Waals surface area contributed by atoms with Gasteiger partial charge in [-0.2, -0.15) is 0 Å². The lowest BCUT2D eigenvalue weighted by Crippen LogP contribution is -2.13. The molecule has 1 heterocycles. The van der Waals surface area contributed by atoms with Crippen molar-refractivity contribution in [3.05, 3.63) is 58.0 Å². The van der Waals surface area contributed by atoms with E-state index in [1.807, 2.05) is 30.3 Å². The van der Waals surface area contributed by atoms with Crippen molar-refractivity contribution in [3.63, 3.8) is 0 Å². The molecule has 0 spiro atoms. The number of nitrogen functional groups attached to an aromatic ring is 1. The number of hydrogen-bond donors (Lipinski definition) is 2. The third kappa shape index (κ3) is 2.30. The molecule has 0 saturated heterocycles. The summed E-state index contributed by atoms with van der Waals surface area (Å²) in [5, 5.41) is 0. The molecule has 0 fully saturated rings. The van der Waals surface area contributed by atoms with E-state index in [0.717, 1.165) is 16.9 Å². The highest BCUT2D eigenvalue weighted by molar-refractivity contribution is 5.48. The van der Waals surface area contributed by atoms with Crippen LogP contribution in [0.25, 0.3) is 0 Å².